The van der Waals surface area contributed by atoms with E-state index in [4.69, 9.17) is 0 Å². The highest BCUT2D eigenvalue weighted by atomic mass is 32.2. The molecule has 1 aliphatic carbocycles. The molecular weight excluding hydrogens is 472 g/mol. The molecule has 0 fully saturated rings. The van der Waals surface area contributed by atoms with E-state index in [9.17, 15) is 18.6 Å². The summed E-state index contributed by atoms with van der Waals surface area (Å²) in [6.07, 6.45) is 10.0. The van der Waals surface area contributed by atoms with Gasteiger partial charge in [0, 0.05) is 17.9 Å². The van der Waals surface area contributed by atoms with Crippen molar-refractivity contribution < 1.29 is 18.6 Å². The lowest BCUT2D eigenvalue weighted by Crippen LogP contribution is -2.41. The van der Waals surface area contributed by atoms with Crippen molar-refractivity contribution in [2.75, 3.05) is 32.4 Å². The minimum absolute atomic E-state index is 0.0118. The average Bonchev–Trinajstić information content (AvgIpc) is 2.84. The minimum atomic E-state index is -3.13. The Kier molecular flexibility index (Phi) is 10.6. The molecular formula is C29H44N2O4S. The summed E-state index contributed by atoms with van der Waals surface area (Å²) in [5.41, 5.74) is 3.26. The first-order chi connectivity index (χ1) is 17.2. The van der Waals surface area contributed by atoms with Gasteiger partial charge in [0.15, 0.2) is 21.3 Å². The van der Waals surface area contributed by atoms with Crippen molar-refractivity contribution in [1.82, 2.24) is 10.2 Å². The Morgan fingerprint density at radius 3 is 2.39 bits per heavy atom. The molecule has 0 aromatic heterocycles. The van der Waals surface area contributed by atoms with E-state index in [0.717, 1.165) is 69.4 Å². The molecule has 200 valence electrons. The summed E-state index contributed by atoms with van der Waals surface area (Å²) in [5, 5.41) is 23.7. The standard InChI is InChI=1S/C29H44N2O4S/c1-4-18-31(25-20-22(2)28-24(21-25)11-14-27(32)29(28)33)19-8-6-5-7-16-30-17-15-23-9-12-26(13-10-23)36(3,34)35/h9-14,22,25,30,32-33H,4-8,15-21H2,1-3H3. The Bertz CT molecular complexity index is 1070. The van der Waals surface area contributed by atoms with Crippen molar-refractivity contribution in [1.29, 1.82) is 0 Å². The third kappa shape index (κ3) is 7.95. The maximum atomic E-state index is 11.5. The van der Waals surface area contributed by atoms with E-state index in [1.807, 2.05) is 18.2 Å². The number of phenols is 2. The number of sulfone groups is 1. The van der Waals surface area contributed by atoms with Gasteiger partial charge in [0.25, 0.3) is 0 Å². The van der Waals surface area contributed by atoms with Crippen LogP contribution < -0.4 is 5.32 Å². The van der Waals surface area contributed by atoms with Crippen LogP contribution in [0.3, 0.4) is 0 Å². The minimum Gasteiger partial charge on any atom is -0.504 e. The molecule has 0 saturated heterocycles. The number of hydrogen-bond donors (Lipinski definition) is 3. The van der Waals surface area contributed by atoms with E-state index >= 15 is 0 Å². The number of hydrogen-bond acceptors (Lipinski definition) is 6. The zero-order chi connectivity index (χ0) is 26.1. The Hall–Kier alpha value is -2.09. The van der Waals surface area contributed by atoms with Crippen molar-refractivity contribution in [2.24, 2.45) is 0 Å². The van der Waals surface area contributed by atoms with Crippen LogP contribution in [0.5, 0.6) is 11.5 Å². The van der Waals surface area contributed by atoms with Gasteiger partial charge < -0.3 is 20.4 Å². The van der Waals surface area contributed by atoms with Crippen molar-refractivity contribution >= 4 is 9.84 Å². The molecule has 36 heavy (non-hydrogen) atoms. The molecule has 6 nitrogen and oxygen atoms in total. The zero-order valence-electron chi connectivity index (χ0n) is 22.2. The Morgan fingerprint density at radius 2 is 1.69 bits per heavy atom. The van der Waals surface area contributed by atoms with Gasteiger partial charge in [0.05, 0.1) is 4.90 Å². The molecule has 1 aliphatic rings. The molecule has 0 spiro atoms. The number of phenolic OH excluding ortho intramolecular Hbond substituents is 2. The molecule has 2 atom stereocenters. The third-order valence-corrected chi connectivity index (χ3v) is 8.51. The van der Waals surface area contributed by atoms with Crippen LogP contribution in [0.25, 0.3) is 0 Å². The van der Waals surface area contributed by atoms with Gasteiger partial charge in [-0.25, -0.2) is 8.42 Å². The lowest BCUT2D eigenvalue weighted by Gasteiger charge is -2.38. The van der Waals surface area contributed by atoms with Crippen molar-refractivity contribution in [3.05, 3.63) is 53.1 Å². The van der Waals surface area contributed by atoms with Crippen LogP contribution in [0.4, 0.5) is 0 Å². The van der Waals surface area contributed by atoms with E-state index in [1.54, 1.807) is 18.2 Å². The zero-order valence-corrected chi connectivity index (χ0v) is 23.0. The van der Waals surface area contributed by atoms with Crippen LogP contribution in [-0.4, -0.2) is 62.0 Å². The van der Waals surface area contributed by atoms with E-state index in [1.165, 1.54) is 31.1 Å². The second-order valence-electron chi connectivity index (χ2n) is 10.4. The van der Waals surface area contributed by atoms with E-state index in [2.05, 4.69) is 24.1 Å². The summed E-state index contributed by atoms with van der Waals surface area (Å²) in [5.74, 6) is 0.301. The highest BCUT2D eigenvalue weighted by molar-refractivity contribution is 7.90. The van der Waals surface area contributed by atoms with Crippen LogP contribution >= 0.6 is 0 Å². The molecule has 0 heterocycles. The molecule has 2 unspecified atom stereocenters. The van der Waals surface area contributed by atoms with Gasteiger partial charge in [0.1, 0.15) is 0 Å². The average molecular weight is 517 g/mol. The lowest BCUT2D eigenvalue weighted by atomic mass is 9.79. The normalized spacial score (nSPS) is 17.9. The maximum Gasteiger partial charge on any atom is 0.175 e. The number of benzene rings is 2. The number of rotatable bonds is 14. The first-order valence-corrected chi connectivity index (χ1v) is 15.4. The number of fused-ring (bicyclic) bond motifs is 1. The Labute approximate surface area is 217 Å². The van der Waals surface area contributed by atoms with Gasteiger partial charge in [-0.1, -0.05) is 44.9 Å². The fraction of sp³-hybridized carbons (Fsp3) is 0.586. The van der Waals surface area contributed by atoms with Gasteiger partial charge in [-0.3, -0.25) is 0 Å². The number of unbranched alkanes of at least 4 members (excludes halogenated alkanes) is 3. The van der Waals surface area contributed by atoms with Crippen molar-refractivity contribution in [2.45, 2.75) is 82.1 Å². The van der Waals surface area contributed by atoms with Crippen molar-refractivity contribution in [3.63, 3.8) is 0 Å². The topological polar surface area (TPSA) is 89.9 Å². The molecule has 0 radical (unpaired) electrons. The summed E-state index contributed by atoms with van der Waals surface area (Å²) in [4.78, 5) is 3.01. The quantitative estimate of drug-likeness (QED) is 0.241. The first-order valence-electron chi connectivity index (χ1n) is 13.5. The van der Waals surface area contributed by atoms with Gasteiger partial charge in [-0.05, 0) is 99.9 Å². The van der Waals surface area contributed by atoms with E-state index in [0.29, 0.717) is 10.9 Å². The Morgan fingerprint density at radius 1 is 0.972 bits per heavy atom. The summed E-state index contributed by atoms with van der Waals surface area (Å²) in [7, 11) is -3.13. The number of aromatic hydroxyl groups is 2. The highest BCUT2D eigenvalue weighted by Crippen LogP contribution is 2.42. The molecule has 0 aliphatic heterocycles. The first kappa shape index (κ1) is 28.5. The van der Waals surface area contributed by atoms with E-state index < -0.39 is 9.84 Å². The fourth-order valence-electron chi connectivity index (χ4n) is 5.45. The van der Waals surface area contributed by atoms with Gasteiger partial charge in [-0.15, -0.1) is 0 Å². The van der Waals surface area contributed by atoms with Crippen LogP contribution in [0.2, 0.25) is 0 Å². The molecule has 7 heteroatoms. The molecule has 3 rings (SSSR count). The van der Waals surface area contributed by atoms with Crippen LogP contribution in [0.15, 0.2) is 41.3 Å². The number of nitrogens with zero attached hydrogens (tertiary/aromatic N) is 1. The molecule has 0 bridgehead atoms. The third-order valence-electron chi connectivity index (χ3n) is 7.38. The van der Waals surface area contributed by atoms with Gasteiger partial charge >= 0.3 is 0 Å². The van der Waals surface area contributed by atoms with Crippen LogP contribution in [0, 0.1) is 0 Å². The maximum absolute atomic E-state index is 11.5. The summed E-state index contributed by atoms with van der Waals surface area (Å²) in [6.45, 7) is 8.52. The molecule has 0 amide bonds. The van der Waals surface area contributed by atoms with Crippen LogP contribution in [0.1, 0.15) is 75.0 Å². The van der Waals surface area contributed by atoms with Gasteiger partial charge in [0.2, 0.25) is 0 Å². The summed E-state index contributed by atoms with van der Waals surface area (Å²) in [6, 6.07) is 11.3. The molecule has 2 aromatic rings. The SMILES string of the molecule is CCCN(CCCCCCNCCc1ccc(S(C)(=O)=O)cc1)C1Cc2ccc(O)c(O)c2C(C)C1. The number of nitrogens with one attached hydrogen (secondary N) is 1. The monoisotopic (exact) mass is 516 g/mol. The molecule has 3 N–H and O–H groups in total. The highest BCUT2D eigenvalue weighted by Gasteiger charge is 2.30. The Balaban J connectivity index is 1.33. The van der Waals surface area contributed by atoms with Crippen LogP contribution in [-0.2, 0) is 22.7 Å². The molecule has 0 saturated carbocycles. The second kappa shape index (κ2) is 13.5. The largest absolute Gasteiger partial charge is 0.504 e. The smallest absolute Gasteiger partial charge is 0.175 e. The van der Waals surface area contributed by atoms with Gasteiger partial charge in [-0.2, -0.15) is 0 Å². The predicted molar refractivity (Wildman–Crippen MR) is 147 cm³/mol. The lowest BCUT2D eigenvalue weighted by molar-refractivity contribution is 0.167. The summed E-state index contributed by atoms with van der Waals surface area (Å²) < 4.78 is 23.1. The summed E-state index contributed by atoms with van der Waals surface area (Å²) >= 11 is 0. The van der Waals surface area contributed by atoms with E-state index in [-0.39, 0.29) is 17.4 Å². The fourth-order valence-corrected chi connectivity index (χ4v) is 6.08. The predicted octanol–water partition coefficient (Wildman–Crippen LogP) is 5.02. The molecule has 2 aromatic carbocycles. The van der Waals surface area contributed by atoms with Crippen molar-refractivity contribution in [3.8, 4) is 11.5 Å². The second-order valence-corrected chi connectivity index (χ2v) is 12.4.